The fraction of sp³-hybridized carbons (Fsp3) is 0.360. The first-order valence-corrected chi connectivity index (χ1v) is 10.8. The molecule has 0 aliphatic carbocycles. The molecule has 1 N–H and O–H groups in total. The van der Waals surface area contributed by atoms with E-state index in [0.29, 0.717) is 12.1 Å². The van der Waals surface area contributed by atoms with Crippen molar-refractivity contribution in [2.24, 2.45) is 0 Å². The number of para-hydroxylation sites is 1. The molecule has 3 aromatic rings. The molecule has 0 bridgehead atoms. The van der Waals surface area contributed by atoms with Crippen molar-refractivity contribution < 1.29 is 9.18 Å². The van der Waals surface area contributed by atoms with Crippen LogP contribution in [-0.4, -0.2) is 42.0 Å². The molecular weight excluding hydrogens is 377 g/mol. The lowest BCUT2D eigenvalue weighted by molar-refractivity contribution is 0.0952. The molecule has 4 rings (SSSR count). The van der Waals surface area contributed by atoms with Crippen molar-refractivity contribution in [2.45, 2.75) is 32.6 Å². The number of nitrogens with one attached hydrogen (secondary N) is 1. The Balaban J connectivity index is 1.52. The van der Waals surface area contributed by atoms with Crippen LogP contribution in [0.1, 0.15) is 41.7 Å². The van der Waals surface area contributed by atoms with Crippen LogP contribution >= 0.6 is 0 Å². The summed E-state index contributed by atoms with van der Waals surface area (Å²) in [5, 5.41) is 3.90. The first-order valence-electron chi connectivity index (χ1n) is 10.8. The number of amides is 1. The quantitative estimate of drug-likeness (QED) is 0.590. The molecule has 156 valence electrons. The molecule has 1 saturated heterocycles. The number of hydrogen-bond acceptors (Lipinski definition) is 3. The van der Waals surface area contributed by atoms with E-state index < -0.39 is 0 Å². The zero-order chi connectivity index (χ0) is 20.9. The molecule has 1 aliphatic rings. The molecule has 30 heavy (non-hydrogen) atoms. The Morgan fingerprint density at radius 2 is 1.87 bits per heavy atom. The van der Waals surface area contributed by atoms with Gasteiger partial charge in [-0.3, -0.25) is 9.78 Å². The third kappa shape index (κ3) is 4.68. The summed E-state index contributed by atoms with van der Waals surface area (Å²) in [6.07, 6.45) is 4.85. The number of fused-ring (bicyclic) bond motifs is 1. The number of hydrogen-bond donors (Lipinski definition) is 1. The Bertz CT molecular complexity index is 1030. The molecule has 0 radical (unpaired) electrons. The molecule has 1 aromatic heterocycles. The lowest BCUT2D eigenvalue weighted by atomic mass is 9.98. The van der Waals surface area contributed by atoms with Gasteiger partial charge in [0.25, 0.3) is 5.91 Å². The molecule has 0 unspecified atom stereocenters. The van der Waals surface area contributed by atoms with E-state index >= 15 is 0 Å². The summed E-state index contributed by atoms with van der Waals surface area (Å²) < 4.78 is 13.3. The van der Waals surface area contributed by atoms with Crippen molar-refractivity contribution in [3.63, 3.8) is 0 Å². The molecule has 0 atom stereocenters. The van der Waals surface area contributed by atoms with Crippen LogP contribution in [0, 0.1) is 12.7 Å². The number of benzene rings is 2. The van der Waals surface area contributed by atoms with Gasteiger partial charge in [0.1, 0.15) is 5.82 Å². The van der Waals surface area contributed by atoms with Gasteiger partial charge in [-0.1, -0.05) is 36.8 Å². The van der Waals surface area contributed by atoms with Gasteiger partial charge in [0, 0.05) is 23.2 Å². The van der Waals surface area contributed by atoms with Crippen LogP contribution in [0.2, 0.25) is 0 Å². The summed E-state index contributed by atoms with van der Waals surface area (Å²) in [7, 11) is 0. The van der Waals surface area contributed by atoms with E-state index in [-0.39, 0.29) is 11.7 Å². The Morgan fingerprint density at radius 3 is 2.63 bits per heavy atom. The van der Waals surface area contributed by atoms with Gasteiger partial charge in [-0.25, -0.2) is 4.39 Å². The van der Waals surface area contributed by atoms with Crippen LogP contribution in [-0.2, 0) is 0 Å². The van der Waals surface area contributed by atoms with Crippen LogP contribution in [0.4, 0.5) is 4.39 Å². The molecule has 4 nitrogen and oxygen atoms in total. The SMILES string of the molecule is Cc1cc(C(=O)NCCCN2CCCCC2)c2cccc(-c3ccc(F)cc3)c2n1. The highest BCUT2D eigenvalue weighted by atomic mass is 19.1. The van der Waals surface area contributed by atoms with Gasteiger partial charge in [-0.05, 0) is 69.6 Å². The predicted octanol–water partition coefficient (Wildman–Crippen LogP) is 4.96. The third-order valence-electron chi connectivity index (χ3n) is 5.75. The number of rotatable bonds is 6. The molecule has 1 amide bonds. The average Bonchev–Trinajstić information content (AvgIpc) is 2.77. The number of aromatic nitrogens is 1. The second-order valence-corrected chi connectivity index (χ2v) is 8.03. The smallest absolute Gasteiger partial charge is 0.252 e. The monoisotopic (exact) mass is 405 g/mol. The topological polar surface area (TPSA) is 45.2 Å². The summed E-state index contributed by atoms with van der Waals surface area (Å²) in [4.78, 5) is 20.1. The van der Waals surface area contributed by atoms with E-state index in [1.165, 1.54) is 44.5 Å². The van der Waals surface area contributed by atoms with E-state index in [1.807, 2.05) is 31.2 Å². The number of aryl methyl sites for hydroxylation is 1. The van der Waals surface area contributed by atoms with Crippen LogP contribution in [0.5, 0.6) is 0 Å². The lowest BCUT2D eigenvalue weighted by Gasteiger charge is -2.26. The highest BCUT2D eigenvalue weighted by Crippen LogP contribution is 2.29. The Hall–Kier alpha value is -2.79. The van der Waals surface area contributed by atoms with Crippen LogP contribution in [0.3, 0.4) is 0 Å². The summed E-state index contributed by atoms with van der Waals surface area (Å²) in [5.41, 5.74) is 3.97. The molecule has 1 fully saturated rings. The summed E-state index contributed by atoms with van der Waals surface area (Å²) in [6.45, 7) is 5.94. The van der Waals surface area contributed by atoms with E-state index in [1.54, 1.807) is 12.1 Å². The molecule has 0 saturated carbocycles. The third-order valence-corrected chi connectivity index (χ3v) is 5.75. The number of piperidine rings is 1. The lowest BCUT2D eigenvalue weighted by Crippen LogP contribution is -2.33. The standard InChI is InChI=1S/C25H28FN3O/c1-18-17-23(25(30)27-13-6-16-29-14-3-2-4-15-29)22-8-5-7-21(24(22)28-18)19-9-11-20(26)12-10-19/h5,7-12,17H,2-4,6,13-16H2,1H3,(H,27,30). The molecule has 2 heterocycles. The number of carbonyl (C=O) groups is 1. The largest absolute Gasteiger partial charge is 0.352 e. The number of likely N-dealkylation sites (tertiary alicyclic amines) is 1. The maximum absolute atomic E-state index is 13.3. The first-order chi connectivity index (χ1) is 14.6. The Labute approximate surface area is 177 Å². The highest BCUT2D eigenvalue weighted by molar-refractivity contribution is 6.09. The van der Waals surface area contributed by atoms with Crippen molar-refractivity contribution >= 4 is 16.8 Å². The minimum absolute atomic E-state index is 0.0691. The maximum atomic E-state index is 13.3. The highest BCUT2D eigenvalue weighted by Gasteiger charge is 2.15. The Kier molecular flexibility index (Phi) is 6.38. The number of halogens is 1. The molecule has 2 aromatic carbocycles. The Morgan fingerprint density at radius 1 is 1.10 bits per heavy atom. The predicted molar refractivity (Wildman–Crippen MR) is 119 cm³/mol. The second-order valence-electron chi connectivity index (χ2n) is 8.03. The minimum atomic E-state index is -0.271. The molecule has 0 spiro atoms. The fourth-order valence-corrected chi connectivity index (χ4v) is 4.21. The van der Waals surface area contributed by atoms with Gasteiger partial charge in [0.15, 0.2) is 0 Å². The van der Waals surface area contributed by atoms with Crippen molar-refractivity contribution in [3.8, 4) is 11.1 Å². The zero-order valence-corrected chi connectivity index (χ0v) is 17.5. The van der Waals surface area contributed by atoms with E-state index in [0.717, 1.165) is 40.7 Å². The average molecular weight is 406 g/mol. The fourth-order valence-electron chi connectivity index (χ4n) is 4.21. The van der Waals surface area contributed by atoms with Crippen LogP contribution in [0.15, 0.2) is 48.5 Å². The van der Waals surface area contributed by atoms with Gasteiger partial charge in [-0.15, -0.1) is 0 Å². The van der Waals surface area contributed by atoms with Gasteiger partial charge in [0.2, 0.25) is 0 Å². The summed E-state index contributed by atoms with van der Waals surface area (Å²) >= 11 is 0. The normalized spacial score (nSPS) is 14.7. The number of nitrogens with zero attached hydrogens (tertiary/aromatic N) is 2. The van der Waals surface area contributed by atoms with E-state index in [2.05, 4.69) is 10.2 Å². The van der Waals surface area contributed by atoms with Crippen molar-refractivity contribution in [1.29, 1.82) is 0 Å². The zero-order valence-electron chi connectivity index (χ0n) is 17.5. The molecule has 1 aliphatic heterocycles. The minimum Gasteiger partial charge on any atom is -0.352 e. The van der Waals surface area contributed by atoms with Crippen LogP contribution in [0.25, 0.3) is 22.0 Å². The van der Waals surface area contributed by atoms with Crippen molar-refractivity contribution in [1.82, 2.24) is 15.2 Å². The number of pyridine rings is 1. The summed E-state index contributed by atoms with van der Waals surface area (Å²) in [6, 6.07) is 14.0. The molecular formula is C25H28FN3O. The number of carbonyl (C=O) groups excluding carboxylic acids is 1. The van der Waals surface area contributed by atoms with Gasteiger partial charge in [0.05, 0.1) is 11.1 Å². The van der Waals surface area contributed by atoms with Gasteiger partial charge < -0.3 is 10.2 Å². The van der Waals surface area contributed by atoms with Gasteiger partial charge in [-0.2, -0.15) is 0 Å². The van der Waals surface area contributed by atoms with Crippen LogP contribution < -0.4 is 5.32 Å². The maximum Gasteiger partial charge on any atom is 0.252 e. The second kappa shape index (κ2) is 9.35. The van der Waals surface area contributed by atoms with Crippen molar-refractivity contribution in [2.75, 3.05) is 26.2 Å². The molecule has 5 heteroatoms. The van der Waals surface area contributed by atoms with Gasteiger partial charge >= 0.3 is 0 Å². The van der Waals surface area contributed by atoms with Crippen molar-refractivity contribution in [3.05, 3.63) is 65.6 Å². The van der Waals surface area contributed by atoms with E-state index in [9.17, 15) is 9.18 Å². The van der Waals surface area contributed by atoms with E-state index in [4.69, 9.17) is 4.98 Å². The first kappa shape index (κ1) is 20.5. The summed E-state index contributed by atoms with van der Waals surface area (Å²) in [5.74, 6) is -0.340.